The lowest BCUT2D eigenvalue weighted by molar-refractivity contribution is 0.0490. The Morgan fingerprint density at radius 2 is 2.37 bits per heavy atom. The lowest BCUT2D eigenvalue weighted by Crippen LogP contribution is -2.09. The van der Waals surface area contributed by atoms with E-state index in [1.54, 1.807) is 18.2 Å². The maximum atomic E-state index is 11.8. The van der Waals surface area contributed by atoms with E-state index in [9.17, 15) is 4.79 Å². The summed E-state index contributed by atoms with van der Waals surface area (Å²) in [5, 5.41) is 0.530. The topological polar surface area (TPSA) is 26.3 Å². The van der Waals surface area contributed by atoms with Crippen LogP contribution in [0.1, 0.15) is 49.9 Å². The molecule has 0 aliphatic heterocycles. The van der Waals surface area contributed by atoms with E-state index in [1.807, 2.05) is 0 Å². The zero-order valence-corrected chi connectivity index (χ0v) is 12.3. The smallest absolute Gasteiger partial charge is 0.338 e. The molecule has 2 atom stereocenters. The van der Waals surface area contributed by atoms with Gasteiger partial charge in [-0.05, 0) is 48.8 Å². The second-order valence-electron chi connectivity index (χ2n) is 5.48. The van der Waals surface area contributed by atoms with E-state index in [-0.39, 0.29) is 5.97 Å². The average Bonchev–Trinajstić information content (AvgIpc) is 3.05. The second-order valence-corrected chi connectivity index (χ2v) is 5.92. The number of benzene rings is 1. The summed E-state index contributed by atoms with van der Waals surface area (Å²) >= 11 is 5.83. The predicted molar refractivity (Wildman–Crippen MR) is 76.3 cm³/mol. The molecule has 0 spiro atoms. The minimum absolute atomic E-state index is 0.336. The molecule has 2 rings (SSSR count). The van der Waals surface area contributed by atoms with Crippen LogP contribution >= 0.6 is 11.6 Å². The highest BCUT2D eigenvalue weighted by atomic mass is 35.5. The van der Waals surface area contributed by atoms with Crippen LogP contribution in [0.25, 0.3) is 0 Å². The fourth-order valence-electron chi connectivity index (χ4n) is 2.79. The molecule has 19 heavy (non-hydrogen) atoms. The van der Waals surface area contributed by atoms with Gasteiger partial charge in [0.15, 0.2) is 0 Å². The molecule has 0 saturated heterocycles. The third kappa shape index (κ3) is 3.50. The Morgan fingerprint density at radius 3 is 2.95 bits per heavy atom. The van der Waals surface area contributed by atoms with Crippen molar-refractivity contribution < 1.29 is 9.53 Å². The lowest BCUT2D eigenvalue weighted by Gasteiger charge is -2.13. The number of carbonyl (C=O) groups is 1. The number of esters is 1. The summed E-state index contributed by atoms with van der Waals surface area (Å²) in [6.45, 7) is 5.03. The quantitative estimate of drug-likeness (QED) is 0.565. The van der Waals surface area contributed by atoms with Crippen molar-refractivity contribution in [2.45, 2.75) is 39.5 Å². The first kappa shape index (κ1) is 14.4. The molecule has 2 nitrogen and oxygen atoms in total. The Hall–Kier alpha value is -1.02. The van der Waals surface area contributed by atoms with Crippen molar-refractivity contribution in [2.24, 2.45) is 11.3 Å². The van der Waals surface area contributed by atoms with E-state index >= 15 is 0 Å². The van der Waals surface area contributed by atoms with Crippen molar-refractivity contribution in [2.75, 3.05) is 6.61 Å². The first-order valence-corrected chi connectivity index (χ1v) is 7.29. The molecule has 1 aliphatic carbocycles. The summed E-state index contributed by atoms with van der Waals surface area (Å²) in [6.07, 6.45) is 4.63. The zero-order valence-electron chi connectivity index (χ0n) is 11.5. The highest BCUT2D eigenvalue weighted by molar-refractivity contribution is 6.30. The van der Waals surface area contributed by atoms with Crippen LogP contribution in [0.3, 0.4) is 0 Å². The van der Waals surface area contributed by atoms with Gasteiger partial charge in [0.1, 0.15) is 0 Å². The number of halogens is 1. The summed E-state index contributed by atoms with van der Waals surface area (Å²) in [7, 11) is 0. The van der Waals surface area contributed by atoms with Crippen LogP contribution in [0.4, 0.5) is 0 Å². The molecule has 0 bridgehead atoms. The molecule has 3 heteroatoms. The van der Waals surface area contributed by atoms with Crippen molar-refractivity contribution in [3.63, 3.8) is 0 Å². The van der Waals surface area contributed by atoms with Crippen molar-refractivity contribution in [1.82, 2.24) is 0 Å². The van der Waals surface area contributed by atoms with Gasteiger partial charge in [0, 0.05) is 5.02 Å². The van der Waals surface area contributed by atoms with Crippen LogP contribution in [0.5, 0.6) is 0 Å². The van der Waals surface area contributed by atoms with Gasteiger partial charge in [-0.3, -0.25) is 0 Å². The maximum Gasteiger partial charge on any atom is 0.338 e. The zero-order chi connectivity index (χ0) is 13.9. The second kappa shape index (κ2) is 5.96. The van der Waals surface area contributed by atoms with E-state index in [4.69, 9.17) is 16.3 Å². The third-order valence-electron chi connectivity index (χ3n) is 4.34. The molecule has 103 valence electrons. The average molecular weight is 280 g/mol. The monoisotopic (exact) mass is 279 g/mol. The summed E-state index contributed by atoms with van der Waals surface area (Å²) in [5.41, 5.74) is 0.923. The highest BCUT2D eigenvalue weighted by Gasteiger charge is 2.48. The fraction of sp³-hybridized carbons (Fsp3) is 0.562. The SMILES string of the molecule is CCC1(CCCOC(=O)c2[c]ccc(Cl)c2)CC1C. The third-order valence-corrected chi connectivity index (χ3v) is 4.57. The number of carbonyl (C=O) groups excluding carboxylic acids is 1. The first-order chi connectivity index (χ1) is 9.07. The van der Waals surface area contributed by atoms with Gasteiger partial charge in [-0.25, -0.2) is 4.79 Å². The standard InChI is InChI=1S/C16H20ClO2/c1-3-16(11-12(16)2)8-5-9-19-15(18)13-6-4-7-14(17)10-13/h4,7,10,12H,3,5,8-9,11H2,1-2H3. The van der Waals surface area contributed by atoms with Gasteiger partial charge in [0.25, 0.3) is 0 Å². The van der Waals surface area contributed by atoms with Crippen molar-refractivity contribution in [1.29, 1.82) is 0 Å². The summed E-state index contributed by atoms with van der Waals surface area (Å²) < 4.78 is 5.26. The minimum Gasteiger partial charge on any atom is -0.462 e. The Labute approximate surface area is 120 Å². The number of rotatable bonds is 6. The molecule has 0 N–H and O–H groups in total. The summed E-state index contributed by atoms with van der Waals surface area (Å²) in [6, 6.07) is 7.75. The Morgan fingerprint density at radius 1 is 1.63 bits per heavy atom. The van der Waals surface area contributed by atoms with Crippen LogP contribution in [0.15, 0.2) is 18.2 Å². The largest absolute Gasteiger partial charge is 0.462 e. The molecule has 0 amide bonds. The van der Waals surface area contributed by atoms with Crippen LogP contribution < -0.4 is 0 Å². The molecule has 0 heterocycles. The molecular formula is C16H20ClO2. The molecule has 1 fully saturated rings. The van der Waals surface area contributed by atoms with Crippen LogP contribution in [-0.4, -0.2) is 12.6 Å². The van der Waals surface area contributed by atoms with E-state index in [2.05, 4.69) is 19.9 Å². The summed E-state index contributed by atoms with van der Waals surface area (Å²) in [4.78, 5) is 11.8. The van der Waals surface area contributed by atoms with Crippen LogP contribution in [-0.2, 0) is 4.74 Å². The molecule has 1 aromatic rings. The van der Waals surface area contributed by atoms with Crippen molar-refractivity contribution in [3.8, 4) is 0 Å². The molecule has 1 saturated carbocycles. The van der Waals surface area contributed by atoms with Gasteiger partial charge in [0.2, 0.25) is 0 Å². The van der Waals surface area contributed by atoms with Gasteiger partial charge < -0.3 is 4.74 Å². The van der Waals surface area contributed by atoms with Crippen LogP contribution in [0, 0.1) is 17.4 Å². The van der Waals surface area contributed by atoms with Crippen molar-refractivity contribution in [3.05, 3.63) is 34.9 Å². The van der Waals surface area contributed by atoms with E-state index in [0.717, 1.165) is 18.8 Å². The predicted octanol–water partition coefficient (Wildman–Crippen LogP) is 4.51. The lowest BCUT2D eigenvalue weighted by atomic mass is 9.95. The highest BCUT2D eigenvalue weighted by Crippen LogP contribution is 2.57. The Balaban J connectivity index is 1.73. The van der Waals surface area contributed by atoms with Gasteiger partial charge in [0.05, 0.1) is 12.2 Å². The van der Waals surface area contributed by atoms with Crippen molar-refractivity contribution >= 4 is 17.6 Å². The number of hydrogen-bond donors (Lipinski definition) is 0. The first-order valence-electron chi connectivity index (χ1n) is 6.92. The van der Waals surface area contributed by atoms with E-state index < -0.39 is 0 Å². The summed E-state index contributed by atoms with van der Waals surface area (Å²) in [5.74, 6) is 0.492. The molecule has 0 aromatic heterocycles. The van der Waals surface area contributed by atoms with E-state index in [0.29, 0.717) is 22.6 Å². The van der Waals surface area contributed by atoms with Gasteiger partial charge in [-0.2, -0.15) is 0 Å². The number of hydrogen-bond acceptors (Lipinski definition) is 2. The van der Waals surface area contributed by atoms with Gasteiger partial charge >= 0.3 is 5.97 Å². The minimum atomic E-state index is -0.336. The molecule has 2 unspecified atom stereocenters. The maximum absolute atomic E-state index is 11.8. The van der Waals surface area contributed by atoms with E-state index in [1.165, 1.54) is 12.8 Å². The fourth-order valence-corrected chi connectivity index (χ4v) is 2.96. The van der Waals surface area contributed by atoms with Crippen LogP contribution in [0.2, 0.25) is 5.02 Å². The van der Waals surface area contributed by atoms with Gasteiger partial charge in [-0.15, -0.1) is 0 Å². The molecule has 1 radical (unpaired) electrons. The number of ether oxygens (including phenoxy) is 1. The Kier molecular flexibility index (Phi) is 4.51. The Bertz CT molecular complexity index is 454. The normalized spacial score (nSPS) is 25.1. The van der Waals surface area contributed by atoms with Gasteiger partial charge in [-0.1, -0.05) is 37.9 Å². The molecule has 1 aromatic carbocycles. The molecule has 1 aliphatic rings. The molecular weight excluding hydrogens is 260 g/mol.